The summed E-state index contributed by atoms with van der Waals surface area (Å²) < 4.78 is 11.2. The maximum absolute atomic E-state index is 11.9. The molecule has 0 aromatic heterocycles. The third-order valence-electron chi connectivity index (χ3n) is 3.13. The molecule has 4 nitrogen and oxygen atoms in total. The van der Waals surface area contributed by atoms with Crippen LogP contribution < -0.4 is 14.8 Å². The van der Waals surface area contributed by atoms with Crippen LogP contribution in [0.15, 0.2) is 24.3 Å². The molecule has 0 saturated carbocycles. The first-order valence-corrected chi connectivity index (χ1v) is 6.97. The van der Waals surface area contributed by atoms with Gasteiger partial charge in [0.25, 0.3) is 5.91 Å². The van der Waals surface area contributed by atoms with E-state index in [4.69, 9.17) is 9.47 Å². The van der Waals surface area contributed by atoms with E-state index in [1.165, 1.54) is 12.8 Å². The fraction of sp³-hybridized carbons (Fsp3) is 0.533. The molecule has 1 heterocycles. The van der Waals surface area contributed by atoms with E-state index in [2.05, 4.69) is 12.2 Å². The summed E-state index contributed by atoms with van der Waals surface area (Å²) in [4.78, 5) is 11.9. The third kappa shape index (κ3) is 3.88. The molecule has 0 bridgehead atoms. The fourth-order valence-electron chi connectivity index (χ4n) is 2.03. The molecule has 2 rings (SSSR count). The van der Waals surface area contributed by atoms with Crippen LogP contribution in [-0.2, 0) is 4.79 Å². The molecule has 0 fully saturated rings. The van der Waals surface area contributed by atoms with Gasteiger partial charge in [-0.15, -0.1) is 0 Å². The van der Waals surface area contributed by atoms with Gasteiger partial charge in [0.05, 0.1) is 0 Å². The van der Waals surface area contributed by atoms with Crippen molar-refractivity contribution in [3.8, 4) is 11.5 Å². The zero-order valence-electron chi connectivity index (χ0n) is 11.4. The van der Waals surface area contributed by atoms with Crippen LogP contribution in [0.1, 0.15) is 32.6 Å². The van der Waals surface area contributed by atoms with E-state index in [1.54, 1.807) is 0 Å². The molecule has 1 N–H and O–H groups in total. The number of nitrogens with one attached hydrogen (secondary N) is 1. The molecule has 1 aromatic rings. The summed E-state index contributed by atoms with van der Waals surface area (Å²) in [6, 6.07) is 7.41. The summed E-state index contributed by atoms with van der Waals surface area (Å²) in [5, 5.41) is 2.90. The van der Waals surface area contributed by atoms with Crippen LogP contribution in [0, 0.1) is 0 Å². The topological polar surface area (TPSA) is 47.6 Å². The summed E-state index contributed by atoms with van der Waals surface area (Å²) in [5.74, 6) is 1.25. The lowest BCUT2D eigenvalue weighted by molar-refractivity contribution is -0.130. The Labute approximate surface area is 114 Å². The molecule has 0 spiro atoms. The second-order valence-electron chi connectivity index (χ2n) is 4.72. The number of rotatable bonds is 6. The lowest BCUT2D eigenvalue weighted by Gasteiger charge is -2.25. The first-order valence-electron chi connectivity index (χ1n) is 6.97. The molecule has 0 unspecified atom stereocenters. The number of hydrogen-bond acceptors (Lipinski definition) is 3. The van der Waals surface area contributed by atoms with Gasteiger partial charge in [-0.1, -0.05) is 38.3 Å². The lowest BCUT2D eigenvalue weighted by atomic mass is 10.2. The van der Waals surface area contributed by atoms with E-state index >= 15 is 0 Å². The van der Waals surface area contributed by atoms with Crippen LogP contribution in [0.3, 0.4) is 0 Å². The molecule has 1 amide bonds. The van der Waals surface area contributed by atoms with Gasteiger partial charge in [-0.25, -0.2) is 0 Å². The van der Waals surface area contributed by atoms with Gasteiger partial charge in [0, 0.05) is 6.54 Å². The predicted molar refractivity (Wildman–Crippen MR) is 73.5 cm³/mol. The van der Waals surface area contributed by atoms with Crippen molar-refractivity contribution in [1.82, 2.24) is 5.32 Å². The maximum atomic E-state index is 11.9. The van der Waals surface area contributed by atoms with Gasteiger partial charge in [-0.3, -0.25) is 4.79 Å². The van der Waals surface area contributed by atoms with Gasteiger partial charge in [-0.2, -0.15) is 0 Å². The minimum Gasteiger partial charge on any atom is -0.485 e. The molecule has 104 valence electrons. The molecule has 0 aliphatic carbocycles. The molecular formula is C15H21NO3. The summed E-state index contributed by atoms with van der Waals surface area (Å²) in [6.45, 7) is 3.15. The highest BCUT2D eigenvalue weighted by Gasteiger charge is 2.26. The highest BCUT2D eigenvalue weighted by atomic mass is 16.6. The Balaban J connectivity index is 1.76. The lowest BCUT2D eigenvalue weighted by Crippen LogP contribution is -2.44. The first kappa shape index (κ1) is 13.7. The van der Waals surface area contributed by atoms with Crippen molar-refractivity contribution in [2.24, 2.45) is 0 Å². The number of benzene rings is 1. The van der Waals surface area contributed by atoms with E-state index in [-0.39, 0.29) is 12.5 Å². The van der Waals surface area contributed by atoms with Crippen molar-refractivity contribution < 1.29 is 14.3 Å². The number of carbonyl (C=O) groups is 1. The second-order valence-corrected chi connectivity index (χ2v) is 4.72. The number of unbranched alkanes of at least 4 members (excludes halogenated alkanes) is 3. The third-order valence-corrected chi connectivity index (χ3v) is 3.13. The molecule has 1 aliphatic rings. The zero-order valence-corrected chi connectivity index (χ0v) is 11.4. The van der Waals surface area contributed by atoms with Crippen molar-refractivity contribution in [1.29, 1.82) is 0 Å². The normalized spacial score (nSPS) is 17.0. The number of para-hydroxylation sites is 2. The van der Waals surface area contributed by atoms with Gasteiger partial charge in [0.2, 0.25) is 6.10 Å². The smallest absolute Gasteiger partial charge is 0.264 e. The molecule has 0 saturated heterocycles. The number of fused-ring (bicyclic) bond motifs is 1. The van der Waals surface area contributed by atoms with Crippen molar-refractivity contribution >= 4 is 5.91 Å². The molecule has 1 aromatic carbocycles. The minimum atomic E-state index is -0.541. The summed E-state index contributed by atoms with van der Waals surface area (Å²) >= 11 is 0. The monoisotopic (exact) mass is 263 g/mol. The highest BCUT2D eigenvalue weighted by molar-refractivity contribution is 5.81. The van der Waals surface area contributed by atoms with E-state index < -0.39 is 6.10 Å². The van der Waals surface area contributed by atoms with Gasteiger partial charge >= 0.3 is 0 Å². The average molecular weight is 263 g/mol. The van der Waals surface area contributed by atoms with E-state index in [1.807, 2.05) is 24.3 Å². The number of amides is 1. The standard InChI is InChI=1S/C15H21NO3/c1-2-3-4-7-10-16-15(17)14-11-18-12-8-5-6-9-13(12)19-14/h5-6,8-9,14H,2-4,7,10-11H2,1H3,(H,16,17)/t14-/m1/s1. The van der Waals surface area contributed by atoms with Crippen molar-refractivity contribution in [2.45, 2.75) is 38.7 Å². The Morgan fingerprint density at radius 3 is 2.84 bits per heavy atom. The van der Waals surface area contributed by atoms with Gasteiger partial charge in [-0.05, 0) is 18.6 Å². The van der Waals surface area contributed by atoms with Crippen molar-refractivity contribution in [3.05, 3.63) is 24.3 Å². The van der Waals surface area contributed by atoms with E-state index in [0.29, 0.717) is 18.0 Å². The molecule has 19 heavy (non-hydrogen) atoms. The maximum Gasteiger partial charge on any atom is 0.264 e. The Kier molecular flexibility index (Phi) is 5.07. The summed E-state index contributed by atoms with van der Waals surface area (Å²) in [7, 11) is 0. The van der Waals surface area contributed by atoms with Crippen LogP contribution >= 0.6 is 0 Å². The predicted octanol–water partition coefficient (Wildman–Crippen LogP) is 2.52. The van der Waals surface area contributed by atoms with Crippen LogP contribution in [0.2, 0.25) is 0 Å². The minimum absolute atomic E-state index is 0.0917. The van der Waals surface area contributed by atoms with Crippen LogP contribution in [0.25, 0.3) is 0 Å². The SMILES string of the molecule is CCCCCCNC(=O)[C@H]1COc2ccccc2O1. The molecule has 0 radical (unpaired) electrons. The highest BCUT2D eigenvalue weighted by Crippen LogP contribution is 2.30. The van der Waals surface area contributed by atoms with E-state index in [0.717, 1.165) is 12.8 Å². The van der Waals surface area contributed by atoms with Crippen molar-refractivity contribution in [2.75, 3.05) is 13.2 Å². The first-order chi connectivity index (χ1) is 9.31. The fourth-order valence-corrected chi connectivity index (χ4v) is 2.03. The van der Waals surface area contributed by atoms with Gasteiger partial charge in [0.1, 0.15) is 6.61 Å². The van der Waals surface area contributed by atoms with Gasteiger partial charge in [0.15, 0.2) is 11.5 Å². The van der Waals surface area contributed by atoms with Crippen molar-refractivity contribution in [3.63, 3.8) is 0 Å². The molecule has 1 aliphatic heterocycles. The van der Waals surface area contributed by atoms with E-state index in [9.17, 15) is 4.79 Å². The Bertz CT molecular complexity index is 420. The van der Waals surface area contributed by atoms with Gasteiger partial charge < -0.3 is 14.8 Å². The zero-order chi connectivity index (χ0) is 13.5. The number of hydrogen-bond donors (Lipinski definition) is 1. The Morgan fingerprint density at radius 1 is 1.26 bits per heavy atom. The quantitative estimate of drug-likeness (QED) is 0.802. The summed E-state index contributed by atoms with van der Waals surface area (Å²) in [6.07, 6.45) is 4.04. The second kappa shape index (κ2) is 7.02. The largest absolute Gasteiger partial charge is 0.485 e. The summed E-state index contributed by atoms with van der Waals surface area (Å²) in [5.41, 5.74) is 0. The number of carbonyl (C=O) groups excluding carboxylic acids is 1. The Morgan fingerprint density at radius 2 is 2.05 bits per heavy atom. The molecule has 1 atom stereocenters. The average Bonchev–Trinajstić information content (AvgIpc) is 2.46. The molecule has 4 heteroatoms. The molecular weight excluding hydrogens is 242 g/mol. The Hall–Kier alpha value is -1.71. The van der Waals surface area contributed by atoms with Crippen LogP contribution in [-0.4, -0.2) is 25.2 Å². The number of ether oxygens (including phenoxy) is 2. The van der Waals surface area contributed by atoms with Crippen LogP contribution in [0.5, 0.6) is 11.5 Å². The van der Waals surface area contributed by atoms with Crippen LogP contribution in [0.4, 0.5) is 0 Å².